The first-order valence-electron chi connectivity index (χ1n) is 6.91. The number of hydrogen-bond donors (Lipinski definition) is 0. The van der Waals surface area contributed by atoms with Crippen molar-refractivity contribution in [3.8, 4) is 0 Å². The summed E-state index contributed by atoms with van der Waals surface area (Å²) >= 11 is 0. The molecule has 3 aromatic rings. The molecule has 0 saturated heterocycles. The van der Waals surface area contributed by atoms with Crippen molar-refractivity contribution in [2.75, 3.05) is 0 Å². The van der Waals surface area contributed by atoms with Gasteiger partial charge < -0.3 is 4.57 Å². The van der Waals surface area contributed by atoms with Crippen LogP contribution in [-0.2, 0) is 12.6 Å². The highest BCUT2D eigenvalue weighted by Gasteiger charge is 2.22. The predicted octanol–water partition coefficient (Wildman–Crippen LogP) is 3.00. The van der Waals surface area contributed by atoms with Gasteiger partial charge in [0.05, 0.1) is 16.6 Å². The van der Waals surface area contributed by atoms with Crippen molar-refractivity contribution in [2.24, 2.45) is 7.05 Å². The first kappa shape index (κ1) is 13.1. The molecule has 0 aliphatic rings. The standard InChI is InChI=1S/C15H21N5/c1-8-11-12(18-20(17-11)15(4,5)6)9(2)14-13(8)16-10(3)19(14)7/h1-7H3. The Morgan fingerprint density at radius 2 is 1.40 bits per heavy atom. The number of hydrogen-bond acceptors (Lipinski definition) is 3. The molecule has 0 radical (unpaired) electrons. The van der Waals surface area contributed by atoms with Gasteiger partial charge in [-0.3, -0.25) is 0 Å². The maximum absolute atomic E-state index is 4.71. The Bertz CT molecular complexity index is 830. The van der Waals surface area contributed by atoms with Gasteiger partial charge in [0.2, 0.25) is 0 Å². The molecule has 2 aromatic heterocycles. The van der Waals surface area contributed by atoms with Crippen molar-refractivity contribution in [3.05, 3.63) is 17.0 Å². The topological polar surface area (TPSA) is 48.5 Å². The van der Waals surface area contributed by atoms with Crippen LogP contribution >= 0.6 is 0 Å². The van der Waals surface area contributed by atoms with Crippen molar-refractivity contribution in [2.45, 2.75) is 47.1 Å². The summed E-state index contributed by atoms with van der Waals surface area (Å²) < 4.78 is 2.13. The van der Waals surface area contributed by atoms with Crippen LogP contribution < -0.4 is 0 Å². The number of rotatable bonds is 0. The SMILES string of the molecule is Cc1c2nn(C(C)(C)C)nc2c(C)c2c1nc(C)n2C. The first-order valence-corrected chi connectivity index (χ1v) is 6.91. The van der Waals surface area contributed by atoms with Gasteiger partial charge in [-0.25, -0.2) is 4.98 Å². The Balaban J connectivity index is 2.50. The van der Waals surface area contributed by atoms with E-state index < -0.39 is 0 Å². The van der Waals surface area contributed by atoms with Crippen LogP contribution in [0.3, 0.4) is 0 Å². The highest BCUT2D eigenvalue weighted by molar-refractivity contribution is 5.99. The molecule has 0 bridgehead atoms. The van der Waals surface area contributed by atoms with Crippen LogP contribution in [0, 0.1) is 20.8 Å². The molecule has 0 aliphatic carbocycles. The average Bonchev–Trinajstić information content (AvgIpc) is 2.90. The van der Waals surface area contributed by atoms with E-state index in [1.807, 2.05) is 11.7 Å². The van der Waals surface area contributed by atoms with Gasteiger partial charge in [0, 0.05) is 18.2 Å². The second kappa shape index (κ2) is 3.81. The summed E-state index contributed by atoms with van der Waals surface area (Å²) in [6.07, 6.45) is 0. The third kappa shape index (κ3) is 1.58. The van der Waals surface area contributed by atoms with E-state index in [0.29, 0.717) is 0 Å². The zero-order valence-electron chi connectivity index (χ0n) is 13.2. The van der Waals surface area contributed by atoms with E-state index in [1.54, 1.807) is 0 Å². The molecule has 0 aliphatic heterocycles. The summed E-state index contributed by atoms with van der Waals surface area (Å²) in [5, 5.41) is 9.40. The minimum absolute atomic E-state index is 0.118. The number of benzene rings is 1. The van der Waals surface area contributed by atoms with Gasteiger partial charge in [-0.1, -0.05) is 0 Å². The van der Waals surface area contributed by atoms with Gasteiger partial charge in [-0.2, -0.15) is 15.0 Å². The lowest BCUT2D eigenvalue weighted by Crippen LogP contribution is -2.24. The molecule has 20 heavy (non-hydrogen) atoms. The molecular formula is C15H21N5. The van der Waals surface area contributed by atoms with E-state index in [-0.39, 0.29) is 5.54 Å². The number of aromatic nitrogens is 5. The molecule has 5 nitrogen and oxygen atoms in total. The van der Waals surface area contributed by atoms with E-state index in [2.05, 4.69) is 56.3 Å². The second-order valence-electron chi connectivity index (χ2n) is 6.52. The Morgan fingerprint density at radius 3 is 1.95 bits per heavy atom. The summed E-state index contributed by atoms with van der Waals surface area (Å²) in [5.74, 6) is 1.02. The lowest BCUT2D eigenvalue weighted by molar-refractivity contribution is 0.316. The molecule has 5 heteroatoms. The number of aryl methyl sites for hydroxylation is 4. The second-order valence-corrected chi connectivity index (χ2v) is 6.52. The lowest BCUT2D eigenvalue weighted by Gasteiger charge is -2.16. The molecule has 0 fully saturated rings. The molecule has 1 aromatic carbocycles. The highest BCUT2D eigenvalue weighted by Crippen LogP contribution is 2.30. The minimum atomic E-state index is -0.118. The van der Waals surface area contributed by atoms with Gasteiger partial charge in [-0.15, -0.1) is 0 Å². The molecule has 0 amide bonds. The van der Waals surface area contributed by atoms with E-state index in [1.165, 1.54) is 0 Å². The molecular weight excluding hydrogens is 250 g/mol. The van der Waals surface area contributed by atoms with Gasteiger partial charge in [0.25, 0.3) is 0 Å². The minimum Gasteiger partial charge on any atom is -0.331 e. The van der Waals surface area contributed by atoms with Crippen LogP contribution in [-0.4, -0.2) is 24.5 Å². The van der Waals surface area contributed by atoms with Crippen LogP contribution in [0.4, 0.5) is 0 Å². The highest BCUT2D eigenvalue weighted by atomic mass is 15.5. The summed E-state index contributed by atoms with van der Waals surface area (Å²) in [7, 11) is 2.05. The third-order valence-corrected chi connectivity index (χ3v) is 3.95. The fraction of sp³-hybridized carbons (Fsp3) is 0.533. The summed E-state index contributed by atoms with van der Waals surface area (Å²) in [5.41, 5.74) is 6.28. The first-order chi connectivity index (χ1) is 9.21. The van der Waals surface area contributed by atoms with E-state index in [9.17, 15) is 0 Å². The summed E-state index contributed by atoms with van der Waals surface area (Å²) in [6, 6.07) is 0. The quantitative estimate of drug-likeness (QED) is 0.631. The van der Waals surface area contributed by atoms with Crippen molar-refractivity contribution in [3.63, 3.8) is 0 Å². The van der Waals surface area contributed by atoms with Crippen LogP contribution in [0.1, 0.15) is 37.7 Å². The molecule has 3 rings (SSSR count). The van der Waals surface area contributed by atoms with Crippen LogP contribution in [0.2, 0.25) is 0 Å². The van der Waals surface area contributed by atoms with Gasteiger partial charge in [0.15, 0.2) is 0 Å². The molecule has 2 heterocycles. The van der Waals surface area contributed by atoms with Crippen LogP contribution in [0.15, 0.2) is 0 Å². The number of fused-ring (bicyclic) bond motifs is 2. The van der Waals surface area contributed by atoms with E-state index in [4.69, 9.17) is 5.10 Å². The number of nitrogens with zero attached hydrogens (tertiary/aromatic N) is 5. The Hall–Kier alpha value is -1.91. The fourth-order valence-corrected chi connectivity index (χ4v) is 2.64. The largest absolute Gasteiger partial charge is 0.331 e. The maximum atomic E-state index is 4.71. The van der Waals surface area contributed by atoms with Crippen LogP contribution in [0.25, 0.3) is 22.1 Å². The van der Waals surface area contributed by atoms with Gasteiger partial charge in [0.1, 0.15) is 16.9 Å². The average molecular weight is 271 g/mol. The third-order valence-electron chi connectivity index (χ3n) is 3.95. The molecule has 0 atom stereocenters. The molecule has 0 saturated carbocycles. The lowest BCUT2D eigenvalue weighted by atomic mass is 10.1. The molecule has 0 spiro atoms. The van der Waals surface area contributed by atoms with Gasteiger partial charge in [-0.05, 0) is 41.5 Å². The zero-order chi connectivity index (χ0) is 14.8. The molecule has 106 valence electrons. The molecule has 0 N–H and O–H groups in total. The Kier molecular flexibility index (Phi) is 2.49. The Morgan fingerprint density at radius 1 is 0.850 bits per heavy atom. The molecule has 0 unspecified atom stereocenters. The van der Waals surface area contributed by atoms with Crippen molar-refractivity contribution in [1.82, 2.24) is 24.5 Å². The van der Waals surface area contributed by atoms with Crippen LogP contribution in [0.5, 0.6) is 0 Å². The van der Waals surface area contributed by atoms with Gasteiger partial charge >= 0.3 is 0 Å². The zero-order valence-corrected chi connectivity index (χ0v) is 13.2. The maximum Gasteiger partial charge on any atom is 0.118 e. The van der Waals surface area contributed by atoms with Crippen molar-refractivity contribution >= 4 is 22.1 Å². The normalized spacial score (nSPS) is 12.8. The summed E-state index contributed by atoms with van der Waals surface area (Å²) in [4.78, 5) is 6.49. The smallest absolute Gasteiger partial charge is 0.118 e. The van der Waals surface area contributed by atoms with E-state index >= 15 is 0 Å². The Labute approximate surface area is 118 Å². The number of imidazole rings is 1. The predicted molar refractivity (Wildman–Crippen MR) is 81.0 cm³/mol. The fourth-order valence-electron chi connectivity index (χ4n) is 2.64. The van der Waals surface area contributed by atoms with E-state index in [0.717, 1.165) is 39.0 Å². The van der Waals surface area contributed by atoms with Crippen molar-refractivity contribution < 1.29 is 0 Å². The monoisotopic (exact) mass is 271 g/mol. The van der Waals surface area contributed by atoms with Crippen molar-refractivity contribution in [1.29, 1.82) is 0 Å². The summed E-state index contributed by atoms with van der Waals surface area (Å²) in [6.45, 7) is 12.5.